The Kier molecular flexibility index (Phi) is 4.24. The first-order chi connectivity index (χ1) is 7.68. The second-order valence-corrected chi connectivity index (χ2v) is 5.99. The molecule has 0 N–H and O–H groups in total. The molecule has 16 heavy (non-hydrogen) atoms. The van der Waals surface area contributed by atoms with Crippen molar-refractivity contribution in [3.63, 3.8) is 0 Å². The molecule has 1 heterocycles. The quantitative estimate of drug-likeness (QED) is 0.606. The molecule has 1 fully saturated rings. The highest BCUT2D eigenvalue weighted by Gasteiger charge is 2.27. The highest BCUT2D eigenvalue weighted by molar-refractivity contribution is 14.1. The third-order valence-corrected chi connectivity index (χ3v) is 4.13. The first-order valence-electron chi connectivity index (χ1n) is 5.53. The van der Waals surface area contributed by atoms with Gasteiger partial charge in [-0.15, -0.1) is 11.6 Å². The molecule has 0 bridgehead atoms. The third-order valence-electron chi connectivity index (χ3n) is 3.07. The average molecular weight is 352 g/mol. The number of aromatic nitrogens is 2. The molecule has 3 nitrogen and oxygen atoms in total. The second-order valence-electron chi connectivity index (χ2n) is 4.18. The lowest BCUT2D eigenvalue weighted by molar-refractivity contribution is 0.430. The van der Waals surface area contributed by atoms with E-state index in [0.29, 0.717) is 6.04 Å². The summed E-state index contributed by atoms with van der Waals surface area (Å²) in [4.78, 5) is 10.8. The summed E-state index contributed by atoms with van der Waals surface area (Å²) >= 11 is 8.57. The zero-order chi connectivity index (χ0) is 11.5. The van der Waals surface area contributed by atoms with Crippen LogP contribution in [0, 0.1) is 3.57 Å². The van der Waals surface area contributed by atoms with Crippen LogP contribution in [-0.4, -0.2) is 28.4 Å². The first-order valence-corrected chi connectivity index (χ1v) is 7.04. The molecule has 0 radical (unpaired) electrons. The summed E-state index contributed by atoms with van der Waals surface area (Å²) in [7, 11) is 2.04. The van der Waals surface area contributed by atoms with Crippen LogP contribution in [0.2, 0.25) is 0 Å². The Balaban J connectivity index is 2.11. The van der Waals surface area contributed by atoms with Crippen LogP contribution in [0.5, 0.6) is 0 Å². The van der Waals surface area contributed by atoms with Gasteiger partial charge >= 0.3 is 0 Å². The molecule has 0 aromatic carbocycles. The number of rotatable bonds is 2. The average Bonchev–Trinajstić information content (AvgIpc) is 2.30. The number of hydrogen-bond donors (Lipinski definition) is 0. The van der Waals surface area contributed by atoms with E-state index in [-0.39, 0.29) is 5.38 Å². The Hall–Kier alpha value is -0.100. The SMILES string of the molecule is CN(c1ncc(I)cn1)C1CCCCC1Cl. The van der Waals surface area contributed by atoms with Gasteiger partial charge in [0.15, 0.2) is 0 Å². The van der Waals surface area contributed by atoms with Crippen molar-refractivity contribution >= 4 is 40.1 Å². The fourth-order valence-electron chi connectivity index (χ4n) is 2.14. The van der Waals surface area contributed by atoms with Crippen LogP contribution in [0.1, 0.15) is 25.7 Å². The summed E-state index contributed by atoms with van der Waals surface area (Å²) in [6.07, 6.45) is 8.41. The molecular weight excluding hydrogens is 336 g/mol. The molecule has 2 atom stereocenters. The van der Waals surface area contributed by atoms with Gasteiger partial charge in [-0.2, -0.15) is 0 Å². The molecule has 0 spiro atoms. The fraction of sp³-hybridized carbons (Fsp3) is 0.636. The Labute approximate surface area is 115 Å². The van der Waals surface area contributed by atoms with Gasteiger partial charge in [-0.1, -0.05) is 12.8 Å². The van der Waals surface area contributed by atoms with E-state index < -0.39 is 0 Å². The normalized spacial score (nSPS) is 25.4. The smallest absolute Gasteiger partial charge is 0.225 e. The van der Waals surface area contributed by atoms with Crippen molar-refractivity contribution < 1.29 is 0 Å². The van der Waals surface area contributed by atoms with Gasteiger partial charge in [-0.3, -0.25) is 0 Å². The molecule has 1 saturated carbocycles. The second kappa shape index (κ2) is 5.49. The van der Waals surface area contributed by atoms with Gasteiger partial charge in [0.1, 0.15) is 0 Å². The minimum atomic E-state index is 0.224. The van der Waals surface area contributed by atoms with Crippen LogP contribution >= 0.6 is 34.2 Å². The Morgan fingerprint density at radius 1 is 1.31 bits per heavy atom. The summed E-state index contributed by atoms with van der Waals surface area (Å²) in [6.45, 7) is 0. The molecule has 88 valence electrons. The van der Waals surface area contributed by atoms with E-state index in [0.717, 1.165) is 22.4 Å². The lowest BCUT2D eigenvalue weighted by Gasteiger charge is -2.34. The lowest BCUT2D eigenvalue weighted by atomic mass is 9.94. The van der Waals surface area contributed by atoms with Crippen molar-refractivity contribution in [1.29, 1.82) is 0 Å². The van der Waals surface area contributed by atoms with Crippen LogP contribution in [-0.2, 0) is 0 Å². The number of anilines is 1. The minimum absolute atomic E-state index is 0.224. The first kappa shape index (κ1) is 12.4. The molecule has 2 unspecified atom stereocenters. The highest BCUT2D eigenvalue weighted by atomic mass is 127. The highest BCUT2D eigenvalue weighted by Crippen LogP contribution is 2.28. The zero-order valence-corrected chi connectivity index (χ0v) is 12.1. The molecule has 1 aliphatic carbocycles. The van der Waals surface area contributed by atoms with E-state index in [1.165, 1.54) is 12.8 Å². The predicted molar refractivity (Wildman–Crippen MR) is 75.0 cm³/mol. The van der Waals surface area contributed by atoms with Gasteiger partial charge in [-0.25, -0.2) is 9.97 Å². The van der Waals surface area contributed by atoms with E-state index in [1.807, 2.05) is 19.4 Å². The summed E-state index contributed by atoms with van der Waals surface area (Å²) < 4.78 is 1.06. The maximum absolute atomic E-state index is 6.36. The van der Waals surface area contributed by atoms with Gasteiger partial charge in [0.2, 0.25) is 5.95 Å². The van der Waals surface area contributed by atoms with Crippen molar-refractivity contribution in [2.45, 2.75) is 37.1 Å². The molecule has 0 saturated heterocycles. The Morgan fingerprint density at radius 2 is 1.94 bits per heavy atom. The van der Waals surface area contributed by atoms with Crippen LogP contribution in [0.15, 0.2) is 12.4 Å². The monoisotopic (exact) mass is 351 g/mol. The van der Waals surface area contributed by atoms with Gasteiger partial charge in [-0.05, 0) is 35.4 Å². The Bertz CT molecular complexity index is 344. The van der Waals surface area contributed by atoms with Crippen LogP contribution in [0.4, 0.5) is 5.95 Å². The maximum atomic E-state index is 6.36. The predicted octanol–water partition coefficient (Wildman–Crippen LogP) is 3.07. The number of alkyl halides is 1. The number of nitrogens with zero attached hydrogens (tertiary/aromatic N) is 3. The van der Waals surface area contributed by atoms with E-state index in [1.54, 1.807) is 0 Å². The van der Waals surface area contributed by atoms with Crippen LogP contribution in [0.3, 0.4) is 0 Å². The molecule has 1 aliphatic rings. The van der Waals surface area contributed by atoms with Crippen LogP contribution < -0.4 is 4.90 Å². The number of halogens is 2. The minimum Gasteiger partial charge on any atom is -0.339 e. The fourth-order valence-corrected chi connectivity index (χ4v) is 2.87. The van der Waals surface area contributed by atoms with Crippen molar-refractivity contribution in [2.24, 2.45) is 0 Å². The summed E-state index contributed by atoms with van der Waals surface area (Å²) in [5, 5.41) is 0.224. The summed E-state index contributed by atoms with van der Waals surface area (Å²) in [5.41, 5.74) is 0. The molecule has 1 aromatic rings. The van der Waals surface area contributed by atoms with Gasteiger partial charge in [0.05, 0.1) is 5.38 Å². The lowest BCUT2D eigenvalue weighted by Crippen LogP contribution is -2.41. The van der Waals surface area contributed by atoms with Crippen molar-refractivity contribution in [3.05, 3.63) is 16.0 Å². The van der Waals surface area contributed by atoms with E-state index in [9.17, 15) is 0 Å². The summed E-state index contributed by atoms with van der Waals surface area (Å²) in [6, 6.07) is 0.371. The van der Waals surface area contributed by atoms with Crippen molar-refractivity contribution in [1.82, 2.24) is 9.97 Å². The van der Waals surface area contributed by atoms with Gasteiger partial charge in [0, 0.05) is 29.1 Å². The maximum Gasteiger partial charge on any atom is 0.225 e. The topological polar surface area (TPSA) is 29.0 Å². The number of hydrogen-bond acceptors (Lipinski definition) is 3. The van der Waals surface area contributed by atoms with E-state index >= 15 is 0 Å². The van der Waals surface area contributed by atoms with E-state index in [4.69, 9.17) is 11.6 Å². The van der Waals surface area contributed by atoms with Crippen molar-refractivity contribution in [2.75, 3.05) is 11.9 Å². The van der Waals surface area contributed by atoms with Crippen molar-refractivity contribution in [3.8, 4) is 0 Å². The van der Waals surface area contributed by atoms with E-state index in [2.05, 4.69) is 37.5 Å². The molecule has 5 heteroatoms. The largest absolute Gasteiger partial charge is 0.339 e. The molecule has 0 aliphatic heterocycles. The molecule has 0 amide bonds. The standard InChI is InChI=1S/C11H15ClIN3/c1-16(10-5-3-2-4-9(10)12)11-14-6-8(13)7-15-11/h6-7,9-10H,2-5H2,1H3. The molecule has 2 rings (SSSR count). The van der Waals surface area contributed by atoms with Crippen LogP contribution in [0.25, 0.3) is 0 Å². The zero-order valence-electron chi connectivity index (χ0n) is 9.24. The third kappa shape index (κ3) is 2.77. The summed E-state index contributed by atoms with van der Waals surface area (Å²) in [5.74, 6) is 0.776. The Morgan fingerprint density at radius 3 is 2.56 bits per heavy atom. The molecular formula is C11H15ClIN3. The van der Waals surface area contributed by atoms with Gasteiger partial charge < -0.3 is 4.90 Å². The molecule has 1 aromatic heterocycles. The van der Waals surface area contributed by atoms with Gasteiger partial charge in [0.25, 0.3) is 0 Å².